The van der Waals surface area contributed by atoms with E-state index in [0.29, 0.717) is 0 Å². The lowest BCUT2D eigenvalue weighted by molar-refractivity contribution is 1.20. The Kier molecular flexibility index (Phi) is 10.9. The van der Waals surface area contributed by atoms with E-state index in [2.05, 4.69) is 182 Å². The molecule has 0 bridgehead atoms. The molecule has 2 heterocycles. The first-order valence-electron chi connectivity index (χ1n) is 19.4. The Labute approximate surface area is 325 Å². The summed E-state index contributed by atoms with van der Waals surface area (Å²) in [4.78, 5) is 14.9. The number of pyridine rings is 2. The molecule has 0 fully saturated rings. The van der Waals surface area contributed by atoms with E-state index in [1.807, 2.05) is 40.1 Å². The van der Waals surface area contributed by atoms with Gasteiger partial charge in [-0.25, -0.2) is 9.97 Å². The maximum absolute atomic E-state index is 5.12. The second-order valence-corrected chi connectivity index (χ2v) is 13.3. The molecule has 9 rings (SSSR count). The molecule has 0 amide bonds. The Balaban J connectivity index is 0.00000113. The van der Waals surface area contributed by atoms with Gasteiger partial charge in [-0.05, 0) is 97.3 Å². The zero-order chi connectivity index (χ0) is 38.5. The van der Waals surface area contributed by atoms with Gasteiger partial charge in [0.15, 0.2) is 0 Å². The fourth-order valence-corrected chi connectivity index (χ4v) is 7.33. The molecular formula is C51H48N4. The standard InChI is InChI=1S/C47H36N4.2C2H6/c1-31-22-23-40-41(24-31)47(51(39-20-8-5-9-21-39)45-28-35-15-11-13-17-37(35)30-49-45)43-26-33(3)32(2)25-42(43)46(40)50(38-18-6-4-7-19-38)44-27-34-14-10-12-16-36(34)29-48-44;2*1-2/h4-30H,1-3H3;2*1-2H3. The lowest BCUT2D eigenvalue weighted by Crippen LogP contribution is -2.16. The van der Waals surface area contributed by atoms with Crippen LogP contribution in [0.5, 0.6) is 0 Å². The molecule has 0 aliphatic heterocycles. The van der Waals surface area contributed by atoms with E-state index in [9.17, 15) is 0 Å². The van der Waals surface area contributed by atoms with Crippen LogP contribution in [0.1, 0.15) is 44.4 Å². The molecule has 4 heteroatoms. The molecule has 0 radical (unpaired) electrons. The number of hydrogen-bond donors (Lipinski definition) is 0. The Morgan fingerprint density at radius 2 is 0.745 bits per heavy atom. The molecule has 4 nitrogen and oxygen atoms in total. The van der Waals surface area contributed by atoms with Crippen molar-refractivity contribution in [3.63, 3.8) is 0 Å². The minimum absolute atomic E-state index is 0.866. The van der Waals surface area contributed by atoms with Gasteiger partial charge in [0.1, 0.15) is 11.6 Å². The van der Waals surface area contributed by atoms with E-state index < -0.39 is 0 Å². The quantitative estimate of drug-likeness (QED) is 0.127. The monoisotopic (exact) mass is 716 g/mol. The van der Waals surface area contributed by atoms with E-state index in [1.165, 1.54) is 16.7 Å². The number of para-hydroxylation sites is 2. The van der Waals surface area contributed by atoms with Crippen LogP contribution in [0.3, 0.4) is 0 Å². The summed E-state index contributed by atoms with van der Waals surface area (Å²) in [5, 5.41) is 9.08. The molecule has 0 saturated heterocycles. The van der Waals surface area contributed by atoms with Crippen molar-refractivity contribution in [1.82, 2.24) is 9.97 Å². The highest BCUT2D eigenvalue weighted by atomic mass is 15.2. The van der Waals surface area contributed by atoms with Gasteiger partial charge in [0.25, 0.3) is 0 Å². The largest absolute Gasteiger partial charge is 0.294 e. The highest BCUT2D eigenvalue weighted by Gasteiger charge is 2.27. The van der Waals surface area contributed by atoms with Gasteiger partial charge >= 0.3 is 0 Å². The van der Waals surface area contributed by atoms with Crippen LogP contribution in [-0.2, 0) is 0 Å². The van der Waals surface area contributed by atoms with Gasteiger partial charge in [-0.1, -0.05) is 130 Å². The molecule has 0 aliphatic carbocycles. The molecule has 0 saturated carbocycles. The summed E-state index contributed by atoms with van der Waals surface area (Å²) in [5.74, 6) is 1.73. The Morgan fingerprint density at radius 1 is 0.364 bits per heavy atom. The Morgan fingerprint density at radius 3 is 1.20 bits per heavy atom. The van der Waals surface area contributed by atoms with Gasteiger partial charge in [-0.3, -0.25) is 9.80 Å². The van der Waals surface area contributed by atoms with Crippen LogP contribution in [0.25, 0.3) is 43.1 Å². The van der Waals surface area contributed by atoms with Crippen LogP contribution in [0.15, 0.2) is 164 Å². The number of hydrogen-bond acceptors (Lipinski definition) is 4. The second kappa shape index (κ2) is 16.2. The number of nitrogens with zero attached hydrogens (tertiary/aromatic N) is 4. The Hall–Kier alpha value is -6.52. The molecule has 2 aromatic heterocycles. The average molecular weight is 717 g/mol. The number of aryl methyl sites for hydroxylation is 3. The number of anilines is 6. The zero-order valence-corrected chi connectivity index (χ0v) is 32.9. The van der Waals surface area contributed by atoms with Crippen molar-refractivity contribution in [2.75, 3.05) is 9.80 Å². The fourth-order valence-electron chi connectivity index (χ4n) is 7.33. The third-order valence-electron chi connectivity index (χ3n) is 10.00. The highest BCUT2D eigenvalue weighted by molar-refractivity contribution is 6.23. The topological polar surface area (TPSA) is 32.3 Å². The van der Waals surface area contributed by atoms with Gasteiger partial charge in [0, 0.05) is 56.1 Å². The minimum atomic E-state index is 0.866. The molecule has 0 aliphatic rings. The van der Waals surface area contributed by atoms with Gasteiger partial charge in [0.05, 0.1) is 11.4 Å². The van der Waals surface area contributed by atoms with Crippen molar-refractivity contribution in [3.05, 3.63) is 181 Å². The highest BCUT2D eigenvalue weighted by Crippen LogP contribution is 2.51. The number of rotatable bonds is 6. The molecule has 0 atom stereocenters. The van der Waals surface area contributed by atoms with Gasteiger partial charge in [-0.2, -0.15) is 0 Å². The maximum atomic E-state index is 5.12. The van der Waals surface area contributed by atoms with Crippen molar-refractivity contribution in [1.29, 1.82) is 0 Å². The summed E-state index contributed by atoms with van der Waals surface area (Å²) in [5.41, 5.74) is 7.95. The van der Waals surface area contributed by atoms with Gasteiger partial charge in [0.2, 0.25) is 0 Å². The van der Waals surface area contributed by atoms with Crippen LogP contribution in [0.4, 0.5) is 34.4 Å². The van der Waals surface area contributed by atoms with Crippen LogP contribution in [-0.4, -0.2) is 9.97 Å². The van der Waals surface area contributed by atoms with Crippen molar-refractivity contribution >= 4 is 77.5 Å². The lowest BCUT2D eigenvalue weighted by Gasteiger charge is -2.32. The smallest absolute Gasteiger partial charge is 0.138 e. The van der Waals surface area contributed by atoms with Crippen LogP contribution < -0.4 is 9.80 Å². The van der Waals surface area contributed by atoms with Crippen molar-refractivity contribution in [2.24, 2.45) is 0 Å². The van der Waals surface area contributed by atoms with Gasteiger partial charge < -0.3 is 0 Å². The van der Waals surface area contributed by atoms with E-state index >= 15 is 0 Å². The average Bonchev–Trinajstić information content (AvgIpc) is 3.24. The maximum Gasteiger partial charge on any atom is 0.138 e. The van der Waals surface area contributed by atoms with E-state index in [4.69, 9.17) is 9.97 Å². The first-order valence-corrected chi connectivity index (χ1v) is 19.4. The molecule has 7 aromatic carbocycles. The predicted octanol–water partition coefficient (Wildman–Crippen LogP) is 15.0. The molecular weight excluding hydrogens is 669 g/mol. The van der Waals surface area contributed by atoms with E-state index in [-0.39, 0.29) is 0 Å². The summed E-state index contributed by atoms with van der Waals surface area (Å²) in [7, 11) is 0. The summed E-state index contributed by atoms with van der Waals surface area (Å²) in [6.07, 6.45) is 3.98. The second-order valence-electron chi connectivity index (χ2n) is 13.3. The normalized spacial score (nSPS) is 10.8. The summed E-state index contributed by atoms with van der Waals surface area (Å²) in [6.45, 7) is 14.6. The zero-order valence-electron chi connectivity index (χ0n) is 32.9. The molecule has 272 valence electrons. The third kappa shape index (κ3) is 7.00. The number of fused-ring (bicyclic) bond motifs is 4. The SMILES string of the molecule is CC.CC.Cc1ccc2c(N(c3ccccc3)c3cc4ccccc4cn3)c3cc(C)c(C)cc3c(N(c3ccccc3)c3cc4ccccc4cn3)c2c1. The van der Waals surface area contributed by atoms with E-state index in [0.717, 1.165) is 77.5 Å². The summed E-state index contributed by atoms with van der Waals surface area (Å²) >= 11 is 0. The molecule has 0 spiro atoms. The van der Waals surface area contributed by atoms with Crippen molar-refractivity contribution in [2.45, 2.75) is 48.5 Å². The number of aromatic nitrogens is 2. The first-order chi connectivity index (χ1) is 27.0. The van der Waals surface area contributed by atoms with Crippen LogP contribution in [0, 0.1) is 20.8 Å². The molecule has 0 unspecified atom stereocenters. The summed E-state index contributed by atoms with van der Waals surface area (Å²) in [6, 6.07) is 54.1. The fraction of sp³-hybridized carbons (Fsp3) is 0.137. The minimum Gasteiger partial charge on any atom is -0.294 e. The first kappa shape index (κ1) is 36.8. The van der Waals surface area contributed by atoms with Crippen molar-refractivity contribution < 1.29 is 0 Å². The summed E-state index contributed by atoms with van der Waals surface area (Å²) < 4.78 is 0. The van der Waals surface area contributed by atoms with Crippen LogP contribution in [0.2, 0.25) is 0 Å². The predicted molar refractivity (Wildman–Crippen MR) is 238 cm³/mol. The van der Waals surface area contributed by atoms with E-state index in [1.54, 1.807) is 0 Å². The molecule has 55 heavy (non-hydrogen) atoms. The molecule has 9 aromatic rings. The van der Waals surface area contributed by atoms with Crippen LogP contribution >= 0.6 is 0 Å². The molecule has 0 N–H and O–H groups in total. The third-order valence-corrected chi connectivity index (χ3v) is 10.00. The number of benzene rings is 7. The Bertz CT molecular complexity index is 2740. The van der Waals surface area contributed by atoms with Gasteiger partial charge in [-0.15, -0.1) is 0 Å². The lowest BCUT2D eigenvalue weighted by atomic mass is 9.92. The van der Waals surface area contributed by atoms with Crippen molar-refractivity contribution in [3.8, 4) is 0 Å².